The Morgan fingerprint density at radius 1 is 1.25 bits per heavy atom. The molecule has 1 atom stereocenters. The van der Waals surface area contributed by atoms with Gasteiger partial charge in [-0.3, -0.25) is 9.59 Å². The Hall–Kier alpha value is -1.88. The average Bonchev–Trinajstić information content (AvgIpc) is 2.27. The number of carbonyl (C=O) groups excluding carboxylic acids is 2. The molecule has 0 radical (unpaired) electrons. The summed E-state index contributed by atoms with van der Waals surface area (Å²) in [5, 5.41) is 0. The highest BCUT2D eigenvalue weighted by atomic mass is 16.5. The molecule has 1 aromatic carbocycles. The molecule has 5 nitrogen and oxygen atoms in total. The highest BCUT2D eigenvalue weighted by Crippen LogP contribution is 2.02. The standard InChI is InChI=1S/C11H14N2O3/c12-9(11(15)16-7-10(13)14)6-8-4-2-1-3-5-8/h1-5,9H,6-7,12H2,(H2,13,14)/t9-/m0/s1. The highest BCUT2D eigenvalue weighted by molar-refractivity contribution is 5.81. The first-order valence-corrected chi connectivity index (χ1v) is 4.84. The van der Waals surface area contributed by atoms with Crippen LogP contribution in [-0.2, 0) is 20.7 Å². The van der Waals surface area contributed by atoms with Gasteiger partial charge in [0.1, 0.15) is 6.04 Å². The number of esters is 1. The Morgan fingerprint density at radius 2 is 1.88 bits per heavy atom. The lowest BCUT2D eigenvalue weighted by Crippen LogP contribution is -2.36. The van der Waals surface area contributed by atoms with Gasteiger partial charge in [0.05, 0.1) is 0 Å². The number of benzene rings is 1. The number of amides is 1. The zero-order valence-corrected chi connectivity index (χ0v) is 8.76. The van der Waals surface area contributed by atoms with E-state index in [2.05, 4.69) is 4.74 Å². The molecule has 16 heavy (non-hydrogen) atoms. The van der Waals surface area contributed by atoms with E-state index in [-0.39, 0.29) is 0 Å². The molecule has 0 bridgehead atoms. The van der Waals surface area contributed by atoms with Crippen molar-refractivity contribution in [2.24, 2.45) is 11.5 Å². The maximum Gasteiger partial charge on any atom is 0.323 e. The van der Waals surface area contributed by atoms with Crippen LogP contribution in [0.15, 0.2) is 30.3 Å². The third kappa shape index (κ3) is 4.10. The van der Waals surface area contributed by atoms with Crippen LogP contribution in [0.1, 0.15) is 5.56 Å². The Labute approximate surface area is 93.4 Å². The highest BCUT2D eigenvalue weighted by Gasteiger charge is 2.16. The third-order valence-corrected chi connectivity index (χ3v) is 1.96. The van der Waals surface area contributed by atoms with Gasteiger partial charge in [-0.05, 0) is 12.0 Å². The van der Waals surface area contributed by atoms with E-state index in [1.807, 2.05) is 30.3 Å². The molecule has 4 N–H and O–H groups in total. The zero-order chi connectivity index (χ0) is 12.0. The van der Waals surface area contributed by atoms with Crippen LogP contribution < -0.4 is 11.5 Å². The number of rotatable bonds is 5. The van der Waals surface area contributed by atoms with E-state index in [1.54, 1.807) is 0 Å². The van der Waals surface area contributed by atoms with Gasteiger partial charge in [0.25, 0.3) is 5.91 Å². The zero-order valence-electron chi connectivity index (χ0n) is 8.76. The molecule has 1 amide bonds. The van der Waals surface area contributed by atoms with Crippen LogP contribution in [0.25, 0.3) is 0 Å². The number of carbonyl (C=O) groups is 2. The van der Waals surface area contributed by atoms with Crippen LogP contribution in [0.5, 0.6) is 0 Å². The van der Waals surface area contributed by atoms with Crippen LogP contribution in [0.3, 0.4) is 0 Å². The molecule has 0 aromatic heterocycles. The summed E-state index contributed by atoms with van der Waals surface area (Å²) in [6.07, 6.45) is 0.373. The molecule has 0 saturated carbocycles. The van der Waals surface area contributed by atoms with Gasteiger partial charge in [0, 0.05) is 0 Å². The molecule has 0 heterocycles. The van der Waals surface area contributed by atoms with E-state index in [1.165, 1.54) is 0 Å². The second kappa shape index (κ2) is 5.87. The third-order valence-electron chi connectivity index (χ3n) is 1.96. The summed E-state index contributed by atoms with van der Waals surface area (Å²) >= 11 is 0. The Balaban J connectivity index is 2.43. The second-order valence-corrected chi connectivity index (χ2v) is 3.37. The summed E-state index contributed by atoms with van der Waals surface area (Å²) in [7, 11) is 0. The predicted molar refractivity (Wildman–Crippen MR) is 58.3 cm³/mol. The van der Waals surface area contributed by atoms with Gasteiger partial charge in [0.2, 0.25) is 0 Å². The SMILES string of the molecule is NC(=O)COC(=O)[C@@H](N)Cc1ccccc1. The number of nitrogens with two attached hydrogens (primary N) is 2. The van der Waals surface area contributed by atoms with Crippen LogP contribution in [0.2, 0.25) is 0 Å². The molecule has 5 heteroatoms. The lowest BCUT2D eigenvalue weighted by atomic mass is 10.1. The minimum Gasteiger partial charge on any atom is -0.454 e. The van der Waals surface area contributed by atoms with Crippen molar-refractivity contribution in [3.63, 3.8) is 0 Å². The van der Waals surface area contributed by atoms with Crippen molar-refractivity contribution in [3.8, 4) is 0 Å². The fourth-order valence-corrected chi connectivity index (χ4v) is 1.20. The van der Waals surface area contributed by atoms with Gasteiger partial charge < -0.3 is 16.2 Å². The monoisotopic (exact) mass is 222 g/mol. The smallest absolute Gasteiger partial charge is 0.323 e. The maximum absolute atomic E-state index is 11.3. The molecule has 0 aliphatic heterocycles. The first-order valence-electron chi connectivity index (χ1n) is 4.84. The van der Waals surface area contributed by atoms with Gasteiger partial charge in [0.15, 0.2) is 6.61 Å². The van der Waals surface area contributed by atoms with E-state index in [9.17, 15) is 9.59 Å². The lowest BCUT2D eigenvalue weighted by Gasteiger charge is -2.10. The minimum absolute atomic E-state index is 0.373. The van der Waals surface area contributed by atoms with Gasteiger partial charge in [-0.15, -0.1) is 0 Å². The van der Waals surface area contributed by atoms with Crippen LogP contribution >= 0.6 is 0 Å². The van der Waals surface area contributed by atoms with E-state index < -0.39 is 24.5 Å². The summed E-state index contributed by atoms with van der Waals surface area (Å²) in [6, 6.07) is 8.54. The molecule has 86 valence electrons. The summed E-state index contributed by atoms with van der Waals surface area (Å²) < 4.78 is 4.60. The van der Waals surface area contributed by atoms with Crippen molar-refractivity contribution >= 4 is 11.9 Å². The average molecular weight is 222 g/mol. The fraction of sp³-hybridized carbons (Fsp3) is 0.273. The van der Waals surface area contributed by atoms with Gasteiger partial charge >= 0.3 is 5.97 Å². The van der Waals surface area contributed by atoms with Crippen molar-refractivity contribution in [1.82, 2.24) is 0 Å². The van der Waals surface area contributed by atoms with Crippen molar-refractivity contribution in [2.45, 2.75) is 12.5 Å². The Bertz CT molecular complexity index is 365. The molecule has 1 rings (SSSR count). The molecule has 1 aromatic rings. The summed E-state index contributed by atoms with van der Waals surface area (Å²) in [5.74, 6) is -1.32. The maximum atomic E-state index is 11.3. The van der Waals surface area contributed by atoms with E-state index in [4.69, 9.17) is 11.5 Å². The molecule has 0 aliphatic carbocycles. The number of ether oxygens (including phenoxy) is 1. The van der Waals surface area contributed by atoms with E-state index in [0.29, 0.717) is 6.42 Å². The van der Waals surface area contributed by atoms with Crippen molar-refractivity contribution < 1.29 is 14.3 Å². The van der Waals surface area contributed by atoms with Crippen LogP contribution in [0.4, 0.5) is 0 Å². The topological polar surface area (TPSA) is 95.4 Å². The van der Waals surface area contributed by atoms with Gasteiger partial charge in [-0.25, -0.2) is 0 Å². The molecular weight excluding hydrogens is 208 g/mol. The largest absolute Gasteiger partial charge is 0.454 e. The summed E-state index contributed by atoms with van der Waals surface area (Å²) in [4.78, 5) is 21.7. The molecule has 0 unspecified atom stereocenters. The lowest BCUT2D eigenvalue weighted by molar-refractivity contribution is -0.149. The van der Waals surface area contributed by atoms with Crippen molar-refractivity contribution in [3.05, 3.63) is 35.9 Å². The van der Waals surface area contributed by atoms with Gasteiger partial charge in [-0.2, -0.15) is 0 Å². The molecular formula is C11H14N2O3. The Kier molecular flexibility index (Phi) is 4.47. The number of hydrogen-bond donors (Lipinski definition) is 2. The van der Waals surface area contributed by atoms with Crippen molar-refractivity contribution in [1.29, 1.82) is 0 Å². The minimum atomic E-state index is -0.776. The first kappa shape index (κ1) is 12.2. The molecule has 0 saturated heterocycles. The predicted octanol–water partition coefficient (Wildman–Crippen LogP) is -0.415. The van der Waals surface area contributed by atoms with Crippen LogP contribution in [0, 0.1) is 0 Å². The van der Waals surface area contributed by atoms with E-state index >= 15 is 0 Å². The summed E-state index contributed by atoms with van der Waals surface area (Å²) in [6.45, 7) is -0.429. The molecule has 0 spiro atoms. The number of hydrogen-bond acceptors (Lipinski definition) is 4. The van der Waals surface area contributed by atoms with Crippen molar-refractivity contribution in [2.75, 3.05) is 6.61 Å². The van der Waals surface area contributed by atoms with Crippen LogP contribution in [-0.4, -0.2) is 24.5 Å². The molecule has 0 aliphatic rings. The number of primary amides is 1. The van der Waals surface area contributed by atoms with Gasteiger partial charge in [-0.1, -0.05) is 30.3 Å². The quantitative estimate of drug-likeness (QED) is 0.662. The summed E-state index contributed by atoms with van der Waals surface area (Å²) in [5.41, 5.74) is 11.4. The fourth-order valence-electron chi connectivity index (χ4n) is 1.20. The normalized spacial score (nSPS) is 11.8. The second-order valence-electron chi connectivity index (χ2n) is 3.37. The van der Waals surface area contributed by atoms with E-state index in [0.717, 1.165) is 5.56 Å². The first-order chi connectivity index (χ1) is 7.59. The molecule has 0 fully saturated rings. The Morgan fingerprint density at radius 3 is 2.44 bits per heavy atom.